The van der Waals surface area contributed by atoms with E-state index < -0.39 is 18.1 Å². The highest BCUT2D eigenvalue weighted by molar-refractivity contribution is 6.31. The maximum atomic E-state index is 12.6. The number of amides is 1. The predicted octanol–water partition coefficient (Wildman–Crippen LogP) is 2.36. The molecular formula is C17H15ClN2O4. The zero-order valence-electron chi connectivity index (χ0n) is 12.8. The zero-order chi connectivity index (χ0) is 17.7. The second kappa shape index (κ2) is 7.72. The van der Waals surface area contributed by atoms with E-state index in [1.54, 1.807) is 30.3 Å². The Morgan fingerprint density at radius 2 is 1.79 bits per heavy atom. The third-order valence-electron chi connectivity index (χ3n) is 3.07. The first kappa shape index (κ1) is 17.7. The summed E-state index contributed by atoms with van der Waals surface area (Å²) in [6.07, 6.45) is -1.47. The molecule has 0 heterocycles. The minimum atomic E-state index is -1.47. The van der Waals surface area contributed by atoms with Gasteiger partial charge in [0.1, 0.15) is 0 Å². The van der Waals surface area contributed by atoms with Gasteiger partial charge in [-0.25, -0.2) is 0 Å². The van der Waals surface area contributed by atoms with E-state index in [1.165, 1.54) is 18.2 Å². The fourth-order valence-electron chi connectivity index (χ4n) is 1.99. The second-order valence-electron chi connectivity index (χ2n) is 4.90. The van der Waals surface area contributed by atoms with Crippen molar-refractivity contribution in [2.24, 2.45) is 5.73 Å². The molecule has 0 aliphatic heterocycles. The van der Waals surface area contributed by atoms with Crippen LogP contribution in [0, 0.1) is 0 Å². The van der Waals surface area contributed by atoms with Crippen LogP contribution in [-0.4, -0.2) is 23.9 Å². The summed E-state index contributed by atoms with van der Waals surface area (Å²) in [4.78, 5) is 35.5. The Bertz CT molecular complexity index is 777. The number of anilines is 1. The van der Waals surface area contributed by atoms with Crippen LogP contribution in [0.2, 0.25) is 5.02 Å². The molecule has 0 saturated carbocycles. The number of ether oxygens (including phenoxy) is 1. The van der Waals surface area contributed by atoms with Gasteiger partial charge >= 0.3 is 5.97 Å². The van der Waals surface area contributed by atoms with Crippen LogP contribution < -0.4 is 11.1 Å². The molecule has 2 aromatic rings. The summed E-state index contributed by atoms with van der Waals surface area (Å²) in [5, 5.41) is 2.82. The third kappa shape index (κ3) is 4.41. The molecule has 0 aromatic heterocycles. The first-order valence-corrected chi connectivity index (χ1v) is 7.39. The van der Waals surface area contributed by atoms with Gasteiger partial charge in [0.15, 0.2) is 5.78 Å². The maximum Gasteiger partial charge on any atom is 0.304 e. The van der Waals surface area contributed by atoms with E-state index in [9.17, 15) is 14.4 Å². The molecule has 1 amide bonds. The Hall–Kier alpha value is -2.70. The Morgan fingerprint density at radius 3 is 2.42 bits per heavy atom. The lowest BCUT2D eigenvalue weighted by Gasteiger charge is -2.14. The van der Waals surface area contributed by atoms with Crippen LogP contribution in [0.15, 0.2) is 48.5 Å². The number of hydrogen-bond acceptors (Lipinski definition) is 5. The lowest BCUT2D eigenvalue weighted by Crippen LogP contribution is -2.39. The molecule has 0 bridgehead atoms. The predicted molar refractivity (Wildman–Crippen MR) is 89.7 cm³/mol. The molecule has 124 valence electrons. The summed E-state index contributed by atoms with van der Waals surface area (Å²) in [6, 6.07) is 13.0. The molecule has 2 rings (SSSR count). The van der Waals surface area contributed by atoms with E-state index in [1.807, 2.05) is 0 Å². The van der Waals surface area contributed by atoms with Gasteiger partial charge in [-0.1, -0.05) is 41.9 Å². The average molecular weight is 347 g/mol. The molecule has 7 heteroatoms. The van der Waals surface area contributed by atoms with Crippen molar-refractivity contribution in [3.8, 4) is 0 Å². The lowest BCUT2D eigenvalue weighted by atomic mass is 10.0. The smallest absolute Gasteiger partial charge is 0.304 e. The quantitative estimate of drug-likeness (QED) is 0.492. The van der Waals surface area contributed by atoms with Gasteiger partial charge < -0.3 is 10.1 Å². The summed E-state index contributed by atoms with van der Waals surface area (Å²) in [5.41, 5.74) is 6.34. The number of halogens is 1. The number of benzene rings is 2. The minimum Gasteiger partial charge on any atom is -0.437 e. The Balaban J connectivity index is 2.30. The summed E-state index contributed by atoms with van der Waals surface area (Å²) < 4.78 is 4.61. The van der Waals surface area contributed by atoms with Crippen molar-refractivity contribution in [1.82, 2.24) is 0 Å². The van der Waals surface area contributed by atoms with Crippen molar-refractivity contribution in [3.05, 3.63) is 64.7 Å². The molecule has 0 aliphatic rings. The van der Waals surface area contributed by atoms with E-state index in [-0.39, 0.29) is 17.0 Å². The molecule has 1 atom stereocenters. The summed E-state index contributed by atoms with van der Waals surface area (Å²) in [6.45, 7) is 1.14. The number of carbonyl (C=O) groups excluding carboxylic acids is 3. The number of nitrogens with two attached hydrogens (primary N) is 1. The van der Waals surface area contributed by atoms with E-state index in [0.717, 1.165) is 6.92 Å². The van der Waals surface area contributed by atoms with Crippen LogP contribution in [0.3, 0.4) is 0 Å². The Labute approximate surface area is 143 Å². The number of esters is 1. The summed E-state index contributed by atoms with van der Waals surface area (Å²) >= 11 is 5.96. The summed E-state index contributed by atoms with van der Waals surface area (Å²) in [5.74, 6) is -1.75. The van der Waals surface area contributed by atoms with Crippen molar-refractivity contribution in [1.29, 1.82) is 0 Å². The molecule has 0 saturated heterocycles. The minimum absolute atomic E-state index is 0.206. The Kier molecular flexibility index (Phi) is 5.68. The van der Waals surface area contributed by atoms with Crippen molar-refractivity contribution in [3.63, 3.8) is 0 Å². The molecule has 1 unspecified atom stereocenters. The first-order chi connectivity index (χ1) is 11.4. The van der Waals surface area contributed by atoms with Crippen LogP contribution in [0.1, 0.15) is 22.8 Å². The normalized spacial score (nSPS) is 11.5. The van der Waals surface area contributed by atoms with Crippen LogP contribution in [0.25, 0.3) is 0 Å². The van der Waals surface area contributed by atoms with E-state index >= 15 is 0 Å². The van der Waals surface area contributed by atoms with Gasteiger partial charge in [0.25, 0.3) is 5.91 Å². The maximum absolute atomic E-state index is 12.6. The molecule has 6 nitrogen and oxygen atoms in total. The molecule has 0 radical (unpaired) electrons. The van der Waals surface area contributed by atoms with Gasteiger partial charge in [0.05, 0.1) is 5.69 Å². The highest BCUT2D eigenvalue weighted by Gasteiger charge is 2.20. The van der Waals surface area contributed by atoms with E-state index in [0.29, 0.717) is 10.6 Å². The standard InChI is InChI=1S/C17H15ClN2O4/c1-10(21)24-16(19)17(23)20-14-8-7-12(18)9-13(14)15(22)11-5-3-2-4-6-11/h2-9,16H,19H2,1H3,(H,20,23). The lowest BCUT2D eigenvalue weighted by molar-refractivity contribution is -0.151. The van der Waals surface area contributed by atoms with Crippen LogP contribution in [0.4, 0.5) is 5.69 Å². The molecule has 24 heavy (non-hydrogen) atoms. The van der Waals surface area contributed by atoms with Crippen molar-refractivity contribution in [2.75, 3.05) is 5.32 Å². The number of nitrogens with one attached hydrogen (secondary N) is 1. The van der Waals surface area contributed by atoms with Gasteiger partial charge in [0.2, 0.25) is 6.23 Å². The monoisotopic (exact) mass is 346 g/mol. The van der Waals surface area contributed by atoms with E-state index in [4.69, 9.17) is 17.3 Å². The topological polar surface area (TPSA) is 98.5 Å². The number of rotatable bonds is 5. The Morgan fingerprint density at radius 1 is 1.12 bits per heavy atom. The van der Waals surface area contributed by atoms with Crippen LogP contribution in [0.5, 0.6) is 0 Å². The molecule has 2 aromatic carbocycles. The molecule has 3 N–H and O–H groups in total. The molecule has 0 spiro atoms. The fraction of sp³-hybridized carbons (Fsp3) is 0.118. The number of carbonyl (C=O) groups is 3. The summed E-state index contributed by atoms with van der Waals surface area (Å²) in [7, 11) is 0. The molecule has 0 fully saturated rings. The number of ketones is 1. The van der Waals surface area contributed by atoms with Crippen molar-refractivity contribution < 1.29 is 19.1 Å². The third-order valence-corrected chi connectivity index (χ3v) is 3.31. The average Bonchev–Trinajstić information content (AvgIpc) is 2.56. The SMILES string of the molecule is CC(=O)OC(N)C(=O)Nc1ccc(Cl)cc1C(=O)c1ccccc1. The van der Waals surface area contributed by atoms with E-state index in [2.05, 4.69) is 10.1 Å². The van der Waals surface area contributed by atoms with Crippen LogP contribution in [-0.2, 0) is 14.3 Å². The largest absolute Gasteiger partial charge is 0.437 e. The number of hydrogen-bond donors (Lipinski definition) is 2. The fourth-order valence-corrected chi connectivity index (χ4v) is 2.17. The highest BCUT2D eigenvalue weighted by Crippen LogP contribution is 2.24. The van der Waals surface area contributed by atoms with Gasteiger partial charge in [0, 0.05) is 23.1 Å². The van der Waals surface area contributed by atoms with Crippen LogP contribution >= 0.6 is 11.6 Å². The highest BCUT2D eigenvalue weighted by atomic mass is 35.5. The van der Waals surface area contributed by atoms with Gasteiger partial charge in [-0.15, -0.1) is 0 Å². The van der Waals surface area contributed by atoms with Gasteiger partial charge in [-0.3, -0.25) is 20.1 Å². The van der Waals surface area contributed by atoms with Gasteiger partial charge in [-0.2, -0.15) is 0 Å². The first-order valence-electron chi connectivity index (χ1n) is 7.01. The molecule has 0 aliphatic carbocycles. The van der Waals surface area contributed by atoms with Crippen molar-refractivity contribution >= 4 is 34.9 Å². The van der Waals surface area contributed by atoms with Crippen molar-refractivity contribution in [2.45, 2.75) is 13.2 Å². The zero-order valence-corrected chi connectivity index (χ0v) is 13.5. The second-order valence-corrected chi connectivity index (χ2v) is 5.34. The molecular weight excluding hydrogens is 332 g/mol. The van der Waals surface area contributed by atoms with Gasteiger partial charge in [-0.05, 0) is 18.2 Å².